The molecule has 0 heterocycles. The van der Waals surface area contributed by atoms with Gasteiger partial charge in [0.2, 0.25) is 0 Å². The Bertz CT molecular complexity index is 2660. The fraction of sp³-hybridized carbons (Fsp3) is 0.0968. The molecule has 0 atom stereocenters. The summed E-state index contributed by atoms with van der Waals surface area (Å²) in [5.74, 6) is 0. The third-order valence-corrected chi connectivity index (χ3v) is 11.7. The van der Waals surface area contributed by atoms with Crippen LogP contribution in [0.4, 0.5) is 34.1 Å². The van der Waals surface area contributed by atoms with E-state index in [-0.39, 0.29) is 0 Å². The summed E-state index contributed by atoms with van der Waals surface area (Å²) in [6, 6.07) is 69.9. The highest BCUT2D eigenvalue weighted by atomic mass is 15.2. The number of allylic oxidation sites excluding steroid dienone is 4. The van der Waals surface area contributed by atoms with Crippen LogP contribution in [0.5, 0.6) is 0 Å². The number of anilines is 6. The molecule has 8 aromatic rings. The molecule has 0 spiro atoms. The van der Waals surface area contributed by atoms with Crippen LogP contribution in [0, 0.1) is 13.8 Å². The van der Waals surface area contributed by atoms with E-state index < -0.39 is 0 Å². The first kappa shape index (κ1) is 43.0. The zero-order valence-electron chi connectivity index (χ0n) is 37.4. The minimum atomic E-state index is 0.944. The van der Waals surface area contributed by atoms with Crippen molar-refractivity contribution >= 4 is 58.4 Å². The summed E-state index contributed by atoms with van der Waals surface area (Å²) in [7, 11) is 0. The van der Waals surface area contributed by atoms with E-state index in [0.29, 0.717) is 0 Å². The molecule has 0 aliphatic heterocycles. The monoisotopic (exact) mass is 828 g/mol. The molecule has 2 heteroatoms. The molecule has 8 rings (SSSR count). The molecule has 0 unspecified atom stereocenters. The average molecular weight is 829 g/mol. The van der Waals surface area contributed by atoms with Crippen molar-refractivity contribution in [3.8, 4) is 11.1 Å². The molecule has 314 valence electrons. The van der Waals surface area contributed by atoms with E-state index in [4.69, 9.17) is 0 Å². The Hall–Kier alpha value is -7.68. The van der Waals surface area contributed by atoms with E-state index >= 15 is 0 Å². The third kappa shape index (κ3) is 10.3. The zero-order chi connectivity index (χ0) is 44.1. The quantitative estimate of drug-likeness (QED) is 0.0950. The Morgan fingerprint density at radius 1 is 0.312 bits per heavy atom. The van der Waals surface area contributed by atoms with Crippen molar-refractivity contribution in [2.24, 2.45) is 0 Å². The van der Waals surface area contributed by atoms with Gasteiger partial charge in [-0.15, -0.1) is 0 Å². The van der Waals surface area contributed by atoms with Gasteiger partial charge in [0.1, 0.15) is 0 Å². The van der Waals surface area contributed by atoms with Crippen LogP contribution in [0.2, 0.25) is 0 Å². The molecule has 0 fully saturated rings. The SMILES string of the molecule is CCc1cccc(C)c1N(c1ccc(/C=C/C=C/c2ccccc2)cc1)c1ccc(-c2ccc(N(c3ccc(/C=C/C=C/c4ccccc4)cc3)c3c(C)cccc3CC)cc2)cc1. The molecule has 0 bridgehead atoms. The lowest BCUT2D eigenvalue weighted by Gasteiger charge is -2.30. The number of nitrogens with zero attached hydrogens (tertiary/aromatic N) is 2. The van der Waals surface area contributed by atoms with Crippen molar-refractivity contribution in [3.05, 3.63) is 263 Å². The Labute approximate surface area is 381 Å². The van der Waals surface area contributed by atoms with Gasteiger partial charge in [-0.2, -0.15) is 0 Å². The summed E-state index contributed by atoms with van der Waals surface area (Å²) < 4.78 is 0. The second-order valence-electron chi connectivity index (χ2n) is 16.1. The minimum Gasteiger partial charge on any atom is -0.310 e. The molecule has 0 N–H and O–H groups in total. The molecular formula is C62H56N2. The summed E-state index contributed by atoms with van der Waals surface area (Å²) >= 11 is 0. The Morgan fingerprint density at radius 2 is 0.609 bits per heavy atom. The molecule has 64 heavy (non-hydrogen) atoms. The molecule has 8 aromatic carbocycles. The molecule has 0 amide bonds. The van der Waals surface area contributed by atoms with Gasteiger partial charge in [0.15, 0.2) is 0 Å². The van der Waals surface area contributed by atoms with E-state index in [0.717, 1.165) is 46.7 Å². The number of aryl methyl sites for hydroxylation is 4. The Kier molecular flexibility index (Phi) is 14.1. The summed E-state index contributed by atoms with van der Waals surface area (Å²) in [4.78, 5) is 4.83. The van der Waals surface area contributed by atoms with Crippen molar-refractivity contribution in [3.63, 3.8) is 0 Å². The second-order valence-corrected chi connectivity index (χ2v) is 16.1. The normalized spacial score (nSPS) is 11.6. The first-order chi connectivity index (χ1) is 31.5. The molecule has 0 aromatic heterocycles. The van der Waals surface area contributed by atoms with Gasteiger partial charge in [-0.3, -0.25) is 0 Å². The van der Waals surface area contributed by atoms with E-state index in [2.05, 4.69) is 268 Å². The highest BCUT2D eigenvalue weighted by molar-refractivity contribution is 5.84. The van der Waals surface area contributed by atoms with Crippen molar-refractivity contribution in [1.29, 1.82) is 0 Å². The predicted octanol–water partition coefficient (Wildman–Crippen LogP) is 17.5. The standard InChI is InChI=1S/C62H56N2/c1-5-53-29-17-19-47(3)61(53)63(57-39-31-51(32-40-57)27-15-13-25-49-21-9-7-10-22-49)59-43-35-55(36-44-59)56-37-45-60(46-38-56)64(62-48(4)20-18-30-54(62)6-2)58-41-33-52(34-42-58)28-16-14-26-50-23-11-8-12-24-50/h7-46H,5-6H2,1-4H3/b25-13+,26-14+,27-15+,28-16+. The molecular weight excluding hydrogens is 773 g/mol. The summed E-state index contributed by atoms with van der Waals surface area (Å²) in [6.07, 6.45) is 18.9. The van der Waals surface area contributed by atoms with Crippen LogP contribution >= 0.6 is 0 Å². The number of para-hydroxylation sites is 2. The van der Waals surface area contributed by atoms with Gasteiger partial charge in [-0.1, -0.05) is 208 Å². The smallest absolute Gasteiger partial charge is 0.0522 e. The molecule has 0 aliphatic carbocycles. The summed E-state index contributed by atoms with van der Waals surface area (Å²) in [5.41, 5.74) is 19.2. The van der Waals surface area contributed by atoms with Crippen LogP contribution in [0.15, 0.2) is 218 Å². The lowest BCUT2D eigenvalue weighted by molar-refractivity contribution is 1.10. The van der Waals surface area contributed by atoms with Crippen molar-refractivity contribution in [1.82, 2.24) is 0 Å². The lowest BCUT2D eigenvalue weighted by Crippen LogP contribution is -2.13. The van der Waals surface area contributed by atoms with Gasteiger partial charge >= 0.3 is 0 Å². The summed E-state index contributed by atoms with van der Waals surface area (Å²) in [6.45, 7) is 8.91. The topological polar surface area (TPSA) is 6.48 Å². The van der Waals surface area contributed by atoms with Gasteiger partial charge in [0, 0.05) is 22.7 Å². The predicted molar refractivity (Wildman–Crippen MR) is 278 cm³/mol. The fourth-order valence-corrected chi connectivity index (χ4v) is 8.33. The molecule has 0 radical (unpaired) electrons. The van der Waals surface area contributed by atoms with Crippen LogP contribution in [0.3, 0.4) is 0 Å². The maximum absolute atomic E-state index is 2.41. The molecule has 0 saturated heterocycles. The number of hydrogen-bond acceptors (Lipinski definition) is 2. The van der Waals surface area contributed by atoms with Gasteiger partial charge in [-0.25, -0.2) is 0 Å². The fourth-order valence-electron chi connectivity index (χ4n) is 8.33. The number of benzene rings is 8. The van der Waals surface area contributed by atoms with Crippen molar-refractivity contribution in [2.75, 3.05) is 9.80 Å². The van der Waals surface area contributed by atoms with Crippen LogP contribution in [-0.4, -0.2) is 0 Å². The van der Waals surface area contributed by atoms with E-state index in [9.17, 15) is 0 Å². The van der Waals surface area contributed by atoms with E-state index in [1.54, 1.807) is 0 Å². The third-order valence-electron chi connectivity index (χ3n) is 11.7. The highest BCUT2D eigenvalue weighted by Gasteiger charge is 2.20. The van der Waals surface area contributed by atoms with Crippen LogP contribution < -0.4 is 9.80 Å². The molecule has 2 nitrogen and oxygen atoms in total. The number of rotatable bonds is 15. The van der Waals surface area contributed by atoms with Crippen LogP contribution in [0.1, 0.15) is 58.4 Å². The van der Waals surface area contributed by atoms with E-state index in [1.165, 1.54) is 55.9 Å². The van der Waals surface area contributed by atoms with Gasteiger partial charge in [0.05, 0.1) is 11.4 Å². The maximum atomic E-state index is 2.41. The van der Waals surface area contributed by atoms with Crippen LogP contribution in [-0.2, 0) is 12.8 Å². The lowest BCUT2D eigenvalue weighted by atomic mass is 10.0. The first-order valence-electron chi connectivity index (χ1n) is 22.5. The maximum Gasteiger partial charge on any atom is 0.0522 e. The largest absolute Gasteiger partial charge is 0.310 e. The highest BCUT2D eigenvalue weighted by Crippen LogP contribution is 2.42. The summed E-state index contributed by atoms with van der Waals surface area (Å²) in [5, 5.41) is 0. The van der Waals surface area contributed by atoms with Gasteiger partial charge in [-0.05, 0) is 131 Å². The van der Waals surface area contributed by atoms with Crippen LogP contribution in [0.25, 0.3) is 35.4 Å². The van der Waals surface area contributed by atoms with Crippen molar-refractivity contribution in [2.45, 2.75) is 40.5 Å². The molecule has 0 aliphatic rings. The zero-order valence-corrected chi connectivity index (χ0v) is 37.4. The Morgan fingerprint density at radius 3 is 0.922 bits per heavy atom. The average Bonchev–Trinajstić information content (AvgIpc) is 3.35. The second kappa shape index (κ2) is 20.9. The van der Waals surface area contributed by atoms with Crippen molar-refractivity contribution < 1.29 is 0 Å². The first-order valence-corrected chi connectivity index (χ1v) is 22.5. The Balaban J connectivity index is 1.06. The van der Waals surface area contributed by atoms with Gasteiger partial charge < -0.3 is 9.80 Å². The number of hydrogen-bond donors (Lipinski definition) is 0. The molecule has 0 saturated carbocycles. The minimum absolute atomic E-state index is 0.944. The van der Waals surface area contributed by atoms with E-state index in [1.807, 2.05) is 12.1 Å². The van der Waals surface area contributed by atoms with Gasteiger partial charge in [0.25, 0.3) is 0 Å².